The second-order valence-corrected chi connectivity index (χ2v) is 6.59. The van der Waals surface area contributed by atoms with E-state index in [9.17, 15) is 4.39 Å². The summed E-state index contributed by atoms with van der Waals surface area (Å²) < 4.78 is 13.3. The summed E-state index contributed by atoms with van der Waals surface area (Å²) in [6.45, 7) is 4.33. The minimum atomic E-state index is -0.180. The van der Waals surface area contributed by atoms with Crippen LogP contribution < -0.4 is 5.32 Å². The van der Waals surface area contributed by atoms with Gasteiger partial charge in [-0.2, -0.15) is 0 Å². The van der Waals surface area contributed by atoms with Crippen LogP contribution >= 0.6 is 11.8 Å². The highest BCUT2D eigenvalue weighted by Crippen LogP contribution is 2.32. The van der Waals surface area contributed by atoms with Gasteiger partial charge in [0.2, 0.25) is 0 Å². The summed E-state index contributed by atoms with van der Waals surface area (Å²) in [5.74, 6) is -0.180. The molecule has 0 aromatic heterocycles. The molecule has 0 aliphatic rings. The van der Waals surface area contributed by atoms with E-state index in [1.807, 2.05) is 13.1 Å². The van der Waals surface area contributed by atoms with Gasteiger partial charge in [-0.05, 0) is 42.8 Å². The van der Waals surface area contributed by atoms with E-state index in [1.165, 1.54) is 17.2 Å². The molecule has 1 nitrogen and oxygen atoms in total. The van der Waals surface area contributed by atoms with Gasteiger partial charge >= 0.3 is 0 Å². The SMILES string of the molecule is CCc1ccc(C(NC)C(C)Sc2cccc(F)c2)cc1. The van der Waals surface area contributed by atoms with Gasteiger partial charge in [0.25, 0.3) is 0 Å². The standard InChI is InChI=1S/C18H22FNS/c1-4-14-8-10-15(11-9-14)18(20-3)13(2)21-17-7-5-6-16(19)12-17/h5-13,18,20H,4H2,1-3H3. The van der Waals surface area contributed by atoms with Crippen LogP contribution in [0.2, 0.25) is 0 Å². The van der Waals surface area contributed by atoms with E-state index in [-0.39, 0.29) is 11.9 Å². The lowest BCUT2D eigenvalue weighted by Crippen LogP contribution is -2.25. The van der Waals surface area contributed by atoms with E-state index in [4.69, 9.17) is 0 Å². The Labute approximate surface area is 131 Å². The lowest BCUT2D eigenvalue weighted by atomic mass is 10.0. The molecule has 0 aliphatic heterocycles. The Bertz CT molecular complexity index is 568. The number of benzene rings is 2. The number of halogens is 1. The van der Waals surface area contributed by atoms with E-state index in [0.717, 1.165) is 11.3 Å². The molecule has 2 aromatic rings. The van der Waals surface area contributed by atoms with Crippen LogP contribution in [-0.4, -0.2) is 12.3 Å². The van der Waals surface area contributed by atoms with Crippen LogP contribution in [0.3, 0.4) is 0 Å². The Morgan fingerprint density at radius 1 is 1.14 bits per heavy atom. The van der Waals surface area contributed by atoms with Crippen molar-refractivity contribution in [2.24, 2.45) is 0 Å². The van der Waals surface area contributed by atoms with Gasteiger partial charge in [-0.1, -0.05) is 44.2 Å². The van der Waals surface area contributed by atoms with Crippen molar-refractivity contribution in [1.82, 2.24) is 5.32 Å². The molecule has 0 fully saturated rings. The Hall–Kier alpha value is -1.32. The lowest BCUT2D eigenvalue weighted by molar-refractivity contribution is 0.588. The zero-order chi connectivity index (χ0) is 15.2. The summed E-state index contributed by atoms with van der Waals surface area (Å²) >= 11 is 1.69. The molecule has 0 radical (unpaired) electrons. The third kappa shape index (κ3) is 4.32. The molecule has 2 aromatic carbocycles. The fourth-order valence-electron chi connectivity index (χ4n) is 2.46. The fraction of sp³-hybridized carbons (Fsp3) is 0.333. The second kappa shape index (κ2) is 7.62. The molecule has 21 heavy (non-hydrogen) atoms. The summed E-state index contributed by atoms with van der Waals surface area (Å²) in [5, 5.41) is 3.69. The number of thioether (sulfide) groups is 1. The highest BCUT2D eigenvalue weighted by molar-refractivity contribution is 8.00. The highest BCUT2D eigenvalue weighted by atomic mass is 32.2. The van der Waals surface area contributed by atoms with Gasteiger partial charge in [0.05, 0.1) is 0 Å². The normalized spacial score (nSPS) is 13.9. The van der Waals surface area contributed by atoms with Crippen molar-refractivity contribution < 1.29 is 4.39 Å². The van der Waals surface area contributed by atoms with Crippen molar-refractivity contribution in [2.75, 3.05) is 7.05 Å². The molecule has 2 atom stereocenters. The number of hydrogen-bond donors (Lipinski definition) is 1. The molecule has 2 rings (SSSR count). The summed E-state index contributed by atoms with van der Waals surface area (Å²) in [4.78, 5) is 0.966. The molecule has 112 valence electrons. The van der Waals surface area contributed by atoms with Crippen LogP contribution in [0.1, 0.15) is 31.0 Å². The van der Waals surface area contributed by atoms with Gasteiger partial charge in [0.15, 0.2) is 0 Å². The maximum Gasteiger partial charge on any atom is 0.124 e. The summed E-state index contributed by atoms with van der Waals surface area (Å²) in [7, 11) is 1.97. The average Bonchev–Trinajstić information content (AvgIpc) is 2.48. The maximum absolute atomic E-state index is 13.3. The Balaban J connectivity index is 2.12. The van der Waals surface area contributed by atoms with Crippen molar-refractivity contribution in [3.05, 3.63) is 65.5 Å². The average molecular weight is 303 g/mol. The molecule has 0 saturated carbocycles. The Morgan fingerprint density at radius 2 is 1.86 bits per heavy atom. The molecule has 2 unspecified atom stereocenters. The summed E-state index contributed by atoms with van der Waals surface area (Å²) in [6, 6.07) is 15.8. The minimum Gasteiger partial charge on any atom is -0.312 e. The van der Waals surface area contributed by atoms with Crippen molar-refractivity contribution in [3.63, 3.8) is 0 Å². The zero-order valence-electron chi connectivity index (χ0n) is 12.8. The van der Waals surface area contributed by atoms with E-state index in [0.29, 0.717) is 5.25 Å². The molecule has 0 amide bonds. The predicted octanol–water partition coefficient (Wildman–Crippen LogP) is 4.83. The maximum atomic E-state index is 13.3. The zero-order valence-corrected chi connectivity index (χ0v) is 13.6. The van der Waals surface area contributed by atoms with Gasteiger partial charge in [-0.3, -0.25) is 0 Å². The fourth-order valence-corrected chi connectivity index (χ4v) is 3.65. The topological polar surface area (TPSA) is 12.0 Å². The Kier molecular flexibility index (Phi) is 5.83. The molecule has 0 aliphatic carbocycles. The van der Waals surface area contributed by atoms with Crippen LogP contribution in [0, 0.1) is 5.82 Å². The first-order chi connectivity index (χ1) is 10.1. The quantitative estimate of drug-likeness (QED) is 0.767. The van der Waals surface area contributed by atoms with Gasteiger partial charge in [-0.25, -0.2) is 4.39 Å². The number of aryl methyl sites for hydroxylation is 1. The van der Waals surface area contributed by atoms with Gasteiger partial charge in [0, 0.05) is 16.2 Å². The van der Waals surface area contributed by atoms with Crippen LogP contribution in [0.5, 0.6) is 0 Å². The van der Waals surface area contributed by atoms with E-state index in [1.54, 1.807) is 23.9 Å². The summed E-state index contributed by atoms with van der Waals surface area (Å²) in [5.41, 5.74) is 2.62. The van der Waals surface area contributed by atoms with Gasteiger partial charge in [-0.15, -0.1) is 11.8 Å². The van der Waals surface area contributed by atoms with Crippen LogP contribution in [-0.2, 0) is 6.42 Å². The molecule has 0 saturated heterocycles. The van der Waals surface area contributed by atoms with Crippen LogP contribution in [0.4, 0.5) is 4.39 Å². The van der Waals surface area contributed by atoms with Gasteiger partial charge in [0.1, 0.15) is 5.82 Å². The molecule has 0 heterocycles. The van der Waals surface area contributed by atoms with E-state index in [2.05, 4.69) is 43.4 Å². The first-order valence-electron chi connectivity index (χ1n) is 7.32. The highest BCUT2D eigenvalue weighted by Gasteiger charge is 2.18. The third-order valence-electron chi connectivity index (χ3n) is 3.65. The second-order valence-electron chi connectivity index (χ2n) is 5.14. The first-order valence-corrected chi connectivity index (χ1v) is 8.20. The molecular weight excluding hydrogens is 281 g/mol. The van der Waals surface area contributed by atoms with Gasteiger partial charge < -0.3 is 5.32 Å². The first kappa shape index (κ1) is 16.1. The predicted molar refractivity (Wildman–Crippen MR) is 89.3 cm³/mol. The molecular formula is C18H22FNS. The van der Waals surface area contributed by atoms with E-state index >= 15 is 0 Å². The van der Waals surface area contributed by atoms with Crippen LogP contribution in [0.15, 0.2) is 53.4 Å². The molecule has 3 heteroatoms. The largest absolute Gasteiger partial charge is 0.312 e. The smallest absolute Gasteiger partial charge is 0.124 e. The van der Waals surface area contributed by atoms with Crippen LogP contribution in [0.25, 0.3) is 0 Å². The number of nitrogens with one attached hydrogen (secondary N) is 1. The molecule has 0 spiro atoms. The van der Waals surface area contributed by atoms with Crippen molar-refractivity contribution in [1.29, 1.82) is 0 Å². The Morgan fingerprint density at radius 3 is 2.43 bits per heavy atom. The van der Waals surface area contributed by atoms with Crippen molar-refractivity contribution in [2.45, 2.75) is 36.5 Å². The summed E-state index contributed by atoms with van der Waals surface area (Å²) in [6.07, 6.45) is 1.05. The molecule has 0 bridgehead atoms. The number of rotatable bonds is 6. The monoisotopic (exact) mass is 303 g/mol. The molecule has 1 N–H and O–H groups in total. The van der Waals surface area contributed by atoms with E-state index < -0.39 is 0 Å². The minimum absolute atomic E-state index is 0.180. The van der Waals surface area contributed by atoms with Crippen molar-refractivity contribution in [3.8, 4) is 0 Å². The lowest BCUT2D eigenvalue weighted by Gasteiger charge is -2.24. The third-order valence-corrected chi connectivity index (χ3v) is 4.82. The number of hydrogen-bond acceptors (Lipinski definition) is 2. The van der Waals surface area contributed by atoms with Crippen molar-refractivity contribution >= 4 is 11.8 Å².